The van der Waals surface area contributed by atoms with Gasteiger partial charge in [-0.05, 0) is 25.0 Å². The molecule has 0 aliphatic heterocycles. The Morgan fingerprint density at radius 3 is 1.95 bits per heavy atom. The maximum absolute atomic E-state index is 13.0. The first-order valence-electron chi connectivity index (χ1n) is 8.89. The molecule has 0 bridgehead atoms. The molecular formula is C19H32FN. The Hall–Kier alpha value is -0.920. The van der Waals surface area contributed by atoms with Crippen molar-refractivity contribution in [2.75, 3.05) is 0 Å². The minimum atomic E-state index is -0.230. The van der Waals surface area contributed by atoms with Gasteiger partial charge in [-0.3, -0.25) is 4.98 Å². The summed E-state index contributed by atoms with van der Waals surface area (Å²) >= 11 is 0. The van der Waals surface area contributed by atoms with E-state index in [0.29, 0.717) is 5.92 Å². The average Bonchev–Trinajstić information content (AvgIpc) is 2.50. The fraction of sp³-hybridized carbons (Fsp3) is 0.737. The highest BCUT2D eigenvalue weighted by molar-refractivity contribution is 5.10. The van der Waals surface area contributed by atoms with Crippen LogP contribution in [0.1, 0.15) is 96.1 Å². The first-order valence-corrected chi connectivity index (χ1v) is 8.89. The fourth-order valence-electron chi connectivity index (χ4n) is 2.88. The number of rotatable bonds is 12. The quantitative estimate of drug-likeness (QED) is 0.394. The standard InChI is InChI=1S/C19H32FN/c1-3-5-7-9-11-13-17(12-10-8-6-4-2)19-15-14-18(20)16-21-19/h14-17H,3-13H2,1-2H3. The summed E-state index contributed by atoms with van der Waals surface area (Å²) < 4.78 is 13.0. The molecule has 0 aromatic carbocycles. The molecule has 0 aliphatic carbocycles. The topological polar surface area (TPSA) is 12.9 Å². The van der Waals surface area contributed by atoms with Crippen LogP contribution in [0.3, 0.4) is 0 Å². The average molecular weight is 293 g/mol. The fourth-order valence-corrected chi connectivity index (χ4v) is 2.88. The Balaban J connectivity index is 2.43. The van der Waals surface area contributed by atoms with Crippen molar-refractivity contribution in [1.29, 1.82) is 0 Å². The number of hydrogen-bond acceptors (Lipinski definition) is 1. The first-order chi connectivity index (χ1) is 10.3. The van der Waals surface area contributed by atoms with Crippen molar-refractivity contribution < 1.29 is 4.39 Å². The van der Waals surface area contributed by atoms with Gasteiger partial charge in [-0.2, -0.15) is 0 Å². The van der Waals surface area contributed by atoms with Gasteiger partial charge in [-0.25, -0.2) is 4.39 Å². The largest absolute Gasteiger partial charge is 0.258 e. The highest BCUT2D eigenvalue weighted by atomic mass is 19.1. The lowest BCUT2D eigenvalue weighted by molar-refractivity contribution is 0.484. The van der Waals surface area contributed by atoms with Gasteiger partial charge in [0.15, 0.2) is 0 Å². The van der Waals surface area contributed by atoms with Crippen molar-refractivity contribution >= 4 is 0 Å². The van der Waals surface area contributed by atoms with Crippen molar-refractivity contribution in [2.45, 2.75) is 90.4 Å². The minimum absolute atomic E-state index is 0.230. The number of pyridine rings is 1. The minimum Gasteiger partial charge on any atom is -0.258 e. The van der Waals surface area contributed by atoms with Crippen LogP contribution in [0, 0.1) is 5.82 Å². The highest BCUT2D eigenvalue weighted by Crippen LogP contribution is 2.27. The van der Waals surface area contributed by atoms with Crippen LogP contribution in [0.25, 0.3) is 0 Å². The molecule has 1 nitrogen and oxygen atoms in total. The predicted octanol–water partition coefficient (Wildman–Crippen LogP) is 6.64. The highest BCUT2D eigenvalue weighted by Gasteiger charge is 2.12. The van der Waals surface area contributed by atoms with Crippen LogP contribution in [0.5, 0.6) is 0 Å². The molecule has 0 aliphatic rings. The van der Waals surface area contributed by atoms with Crippen LogP contribution < -0.4 is 0 Å². The zero-order chi connectivity index (χ0) is 15.3. The third-order valence-corrected chi connectivity index (χ3v) is 4.23. The van der Waals surface area contributed by atoms with Crippen LogP contribution >= 0.6 is 0 Å². The van der Waals surface area contributed by atoms with Crippen LogP contribution in [0.4, 0.5) is 4.39 Å². The Morgan fingerprint density at radius 2 is 1.43 bits per heavy atom. The molecule has 1 aromatic rings. The van der Waals surface area contributed by atoms with Crippen LogP contribution in [0.2, 0.25) is 0 Å². The van der Waals surface area contributed by atoms with E-state index in [2.05, 4.69) is 18.8 Å². The Bertz CT molecular complexity index is 347. The second kappa shape index (κ2) is 11.7. The van der Waals surface area contributed by atoms with Crippen molar-refractivity contribution in [3.8, 4) is 0 Å². The normalized spacial score (nSPS) is 12.5. The summed E-state index contributed by atoms with van der Waals surface area (Å²) in [6.45, 7) is 4.49. The molecule has 0 spiro atoms. The van der Waals surface area contributed by atoms with E-state index in [4.69, 9.17) is 0 Å². The van der Waals surface area contributed by atoms with Crippen LogP contribution in [0.15, 0.2) is 18.3 Å². The summed E-state index contributed by atoms with van der Waals surface area (Å²) in [7, 11) is 0. The van der Waals surface area contributed by atoms with Gasteiger partial charge in [0.2, 0.25) is 0 Å². The lowest BCUT2D eigenvalue weighted by atomic mass is 9.91. The number of nitrogens with zero attached hydrogens (tertiary/aromatic N) is 1. The third-order valence-electron chi connectivity index (χ3n) is 4.23. The van der Waals surface area contributed by atoms with Gasteiger partial charge in [0, 0.05) is 11.6 Å². The summed E-state index contributed by atoms with van der Waals surface area (Å²) in [6, 6.07) is 3.43. The lowest BCUT2D eigenvalue weighted by Gasteiger charge is -2.16. The van der Waals surface area contributed by atoms with Gasteiger partial charge in [0.25, 0.3) is 0 Å². The molecule has 0 fully saturated rings. The van der Waals surface area contributed by atoms with E-state index in [-0.39, 0.29) is 5.82 Å². The summed E-state index contributed by atoms with van der Waals surface area (Å²) in [5.41, 5.74) is 1.09. The van der Waals surface area contributed by atoms with E-state index in [1.165, 1.54) is 76.8 Å². The van der Waals surface area contributed by atoms with Crippen LogP contribution in [-0.4, -0.2) is 4.98 Å². The molecule has 1 atom stereocenters. The van der Waals surface area contributed by atoms with Gasteiger partial charge >= 0.3 is 0 Å². The molecular weight excluding hydrogens is 261 g/mol. The predicted molar refractivity (Wildman–Crippen MR) is 89.1 cm³/mol. The SMILES string of the molecule is CCCCCCCC(CCCCCC)c1ccc(F)cn1. The zero-order valence-corrected chi connectivity index (χ0v) is 13.9. The van der Waals surface area contributed by atoms with Crippen molar-refractivity contribution in [3.05, 3.63) is 29.8 Å². The Labute approximate surface area is 130 Å². The molecule has 120 valence electrons. The summed E-state index contributed by atoms with van der Waals surface area (Å²) in [4.78, 5) is 4.32. The van der Waals surface area contributed by atoms with E-state index in [1.807, 2.05) is 6.07 Å². The molecule has 0 saturated heterocycles. The number of aromatic nitrogens is 1. The maximum Gasteiger partial charge on any atom is 0.141 e. The zero-order valence-electron chi connectivity index (χ0n) is 13.9. The molecule has 1 rings (SSSR count). The molecule has 0 saturated carbocycles. The molecule has 1 unspecified atom stereocenters. The lowest BCUT2D eigenvalue weighted by Crippen LogP contribution is -2.02. The van der Waals surface area contributed by atoms with Gasteiger partial charge < -0.3 is 0 Å². The molecule has 1 aromatic heterocycles. The number of halogens is 1. The summed E-state index contributed by atoms with van der Waals surface area (Å²) in [5, 5.41) is 0. The molecule has 2 heteroatoms. The molecule has 0 amide bonds. The molecule has 0 N–H and O–H groups in total. The summed E-state index contributed by atoms with van der Waals surface area (Å²) in [5.74, 6) is 0.288. The Kier molecular flexibility index (Phi) is 10.1. The summed E-state index contributed by atoms with van der Waals surface area (Å²) in [6.07, 6.45) is 15.5. The van der Waals surface area contributed by atoms with E-state index in [9.17, 15) is 4.39 Å². The number of unbranched alkanes of at least 4 members (excludes halogenated alkanes) is 7. The molecule has 0 radical (unpaired) electrons. The van der Waals surface area contributed by atoms with Crippen molar-refractivity contribution in [1.82, 2.24) is 4.98 Å². The molecule has 1 heterocycles. The van der Waals surface area contributed by atoms with Gasteiger partial charge in [-0.1, -0.05) is 71.6 Å². The van der Waals surface area contributed by atoms with Crippen molar-refractivity contribution in [3.63, 3.8) is 0 Å². The number of hydrogen-bond donors (Lipinski definition) is 0. The molecule has 21 heavy (non-hydrogen) atoms. The van der Waals surface area contributed by atoms with Crippen LogP contribution in [-0.2, 0) is 0 Å². The van der Waals surface area contributed by atoms with E-state index in [0.717, 1.165) is 5.69 Å². The second-order valence-corrected chi connectivity index (χ2v) is 6.15. The van der Waals surface area contributed by atoms with E-state index < -0.39 is 0 Å². The van der Waals surface area contributed by atoms with E-state index in [1.54, 1.807) is 6.07 Å². The monoisotopic (exact) mass is 293 g/mol. The third kappa shape index (κ3) is 8.18. The smallest absolute Gasteiger partial charge is 0.141 e. The van der Waals surface area contributed by atoms with Gasteiger partial charge in [0.1, 0.15) is 5.82 Å². The maximum atomic E-state index is 13.0. The van der Waals surface area contributed by atoms with Gasteiger partial charge in [-0.15, -0.1) is 0 Å². The van der Waals surface area contributed by atoms with E-state index >= 15 is 0 Å². The Morgan fingerprint density at radius 1 is 0.857 bits per heavy atom. The van der Waals surface area contributed by atoms with Crippen molar-refractivity contribution in [2.24, 2.45) is 0 Å². The first kappa shape index (κ1) is 18.1. The second-order valence-electron chi connectivity index (χ2n) is 6.15. The van der Waals surface area contributed by atoms with Gasteiger partial charge in [0.05, 0.1) is 6.20 Å².